The zero-order chi connectivity index (χ0) is 32.1. The summed E-state index contributed by atoms with van der Waals surface area (Å²) in [6.45, 7) is 13.9. The molecule has 1 aromatic heterocycles. The molecule has 0 bridgehead atoms. The van der Waals surface area contributed by atoms with Crippen LogP contribution in [0.5, 0.6) is 5.75 Å². The van der Waals surface area contributed by atoms with Gasteiger partial charge in [0.1, 0.15) is 23.8 Å². The Hall–Kier alpha value is -4.01. The Morgan fingerprint density at radius 1 is 1.02 bits per heavy atom. The molecule has 1 unspecified atom stereocenters. The van der Waals surface area contributed by atoms with Gasteiger partial charge in [-0.05, 0) is 77.6 Å². The van der Waals surface area contributed by atoms with Crippen molar-refractivity contribution in [3.05, 3.63) is 71.2 Å². The molecule has 240 valence electrons. The summed E-state index contributed by atoms with van der Waals surface area (Å²) in [4.78, 5) is 35.1. The fraction of sp³-hybridized carbons (Fsp3) is 0.528. The highest BCUT2D eigenvalue weighted by Crippen LogP contribution is 2.51. The number of piperidine rings is 2. The van der Waals surface area contributed by atoms with Gasteiger partial charge in [-0.2, -0.15) is 0 Å². The third kappa shape index (κ3) is 6.01. The standard InChI is InChI=1S/C36H46N4O5/c1-24-13-14-27-28(21-24)44-36(16-19-39(20-17-36)32(41)43-23-25-11-9-8-10-12-25)30-29(27)37-31(38(30)7)26-15-18-40(35(5,6)22-26)33(42)45-34(2,3)4/h8-14,21,26H,15-20,22-23H2,1-7H3. The maximum atomic E-state index is 13.1. The quantitative estimate of drug-likeness (QED) is 0.308. The van der Waals surface area contributed by atoms with Crippen LogP contribution in [0.2, 0.25) is 0 Å². The number of hydrogen-bond acceptors (Lipinski definition) is 6. The first-order chi connectivity index (χ1) is 21.3. The average molecular weight is 615 g/mol. The first kappa shape index (κ1) is 31.0. The summed E-state index contributed by atoms with van der Waals surface area (Å²) in [7, 11) is 2.10. The van der Waals surface area contributed by atoms with Crippen LogP contribution in [0.3, 0.4) is 0 Å². The lowest BCUT2D eigenvalue weighted by atomic mass is 9.82. The number of benzene rings is 2. The number of ether oxygens (including phenoxy) is 3. The third-order valence-corrected chi connectivity index (χ3v) is 9.45. The van der Waals surface area contributed by atoms with E-state index in [2.05, 4.69) is 50.6 Å². The van der Waals surface area contributed by atoms with Gasteiger partial charge >= 0.3 is 12.2 Å². The fourth-order valence-electron chi connectivity index (χ4n) is 7.24. The number of hydrogen-bond donors (Lipinski definition) is 0. The van der Waals surface area contributed by atoms with E-state index in [0.717, 1.165) is 52.5 Å². The molecule has 3 aliphatic heterocycles. The van der Waals surface area contributed by atoms with Crippen molar-refractivity contribution >= 4 is 12.2 Å². The lowest BCUT2D eigenvalue weighted by Gasteiger charge is -2.45. The van der Waals surface area contributed by atoms with Gasteiger partial charge in [-0.3, -0.25) is 0 Å². The molecule has 2 saturated heterocycles. The van der Waals surface area contributed by atoms with Crippen LogP contribution in [0, 0.1) is 6.92 Å². The molecular formula is C36H46N4O5. The van der Waals surface area contributed by atoms with Gasteiger partial charge in [0.2, 0.25) is 0 Å². The van der Waals surface area contributed by atoms with Crippen molar-refractivity contribution in [2.45, 2.75) is 96.5 Å². The molecule has 1 atom stereocenters. The Balaban J connectivity index is 1.26. The molecule has 1 spiro atoms. The van der Waals surface area contributed by atoms with Crippen LogP contribution >= 0.6 is 0 Å². The first-order valence-electron chi connectivity index (χ1n) is 16.1. The maximum Gasteiger partial charge on any atom is 0.410 e. The van der Waals surface area contributed by atoms with Gasteiger partial charge in [-0.25, -0.2) is 14.6 Å². The van der Waals surface area contributed by atoms with Crippen molar-refractivity contribution in [3.8, 4) is 17.0 Å². The number of rotatable bonds is 3. The molecule has 45 heavy (non-hydrogen) atoms. The summed E-state index contributed by atoms with van der Waals surface area (Å²) >= 11 is 0. The molecule has 0 saturated carbocycles. The van der Waals surface area contributed by atoms with Gasteiger partial charge in [-0.15, -0.1) is 0 Å². The maximum absolute atomic E-state index is 13.1. The van der Waals surface area contributed by atoms with Crippen molar-refractivity contribution in [2.75, 3.05) is 19.6 Å². The number of aromatic nitrogens is 2. The minimum atomic E-state index is -0.612. The van der Waals surface area contributed by atoms with E-state index in [0.29, 0.717) is 32.5 Å². The summed E-state index contributed by atoms with van der Waals surface area (Å²) in [6, 6.07) is 16.1. The minimum absolute atomic E-state index is 0.160. The molecule has 2 aromatic carbocycles. The highest BCUT2D eigenvalue weighted by atomic mass is 16.6. The van der Waals surface area contributed by atoms with Gasteiger partial charge in [0.15, 0.2) is 5.60 Å². The third-order valence-electron chi connectivity index (χ3n) is 9.45. The van der Waals surface area contributed by atoms with Crippen LogP contribution in [0.15, 0.2) is 48.5 Å². The van der Waals surface area contributed by atoms with E-state index in [1.165, 1.54) is 0 Å². The van der Waals surface area contributed by atoms with Gasteiger partial charge in [0.05, 0.1) is 11.4 Å². The molecule has 3 aliphatic rings. The monoisotopic (exact) mass is 614 g/mol. The number of imidazole rings is 1. The molecule has 6 rings (SSSR count). The Morgan fingerprint density at radius 3 is 2.40 bits per heavy atom. The number of fused-ring (bicyclic) bond motifs is 4. The molecule has 9 nitrogen and oxygen atoms in total. The van der Waals surface area contributed by atoms with E-state index >= 15 is 0 Å². The summed E-state index contributed by atoms with van der Waals surface area (Å²) in [5.74, 6) is 2.01. The van der Waals surface area contributed by atoms with E-state index in [4.69, 9.17) is 19.2 Å². The van der Waals surface area contributed by atoms with Crippen LogP contribution in [0.1, 0.15) is 88.9 Å². The second-order valence-electron chi connectivity index (χ2n) is 14.5. The summed E-state index contributed by atoms with van der Waals surface area (Å²) < 4.78 is 20.6. The number of carbonyl (C=O) groups is 2. The molecule has 0 aliphatic carbocycles. The Bertz CT molecular complexity index is 1580. The zero-order valence-electron chi connectivity index (χ0n) is 27.7. The van der Waals surface area contributed by atoms with E-state index in [-0.39, 0.29) is 24.7 Å². The lowest BCUT2D eigenvalue weighted by Crippen LogP contribution is -2.54. The molecule has 0 radical (unpaired) electrons. The number of amides is 2. The van der Waals surface area contributed by atoms with Crippen molar-refractivity contribution in [2.24, 2.45) is 7.05 Å². The Morgan fingerprint density at radius 2 is 1.73 bits per heavy atom. The molecule has 3 aromatic rings. The topological polar surface area (TPSA) is 86.1 Å². The molecule has 2 fully saturated rings. The first-order valence-corrected chi connectivity index (χ1v) is 16.1. The second-order valence-corrected chi connectivity index (χ2v) is 14.5. The Kier molecular flexibility index (Phi) is 7.86. The van der Waals surface area contributed by atoms with Crippen molar-refractivity contribution in [1.29, 1.82) is 0 Å². The van der Waals surface area contributed by atoms with E-state index in [9.17, 15) is 9.59 Å². The molecular weight excluding hydrogens is 568 g/mol. The van der Waals surface area contributed by atoms with Crippen molar-refractivity contribution in [1.82, 2.24) is 19.4 Å². The normalized spacial score (nSPS) is 20.2. The summed E-state index contributed by atoms with van der Waals surface area (Å²) in [6.07, 6.45) is 2.26. The summed E-state index contributed by atoms with van der Waals surface area (Å²) in [5.41, 5.74) is 3.57. The number of aryl methyl sites for hydroxylation is 1. The molecule has 2 amide bonds. The number of carbonyl (C=O) groups excluding carboxylic acids is 2. The predicted molar refractivity (Wildman–Crippen MR) is 172 cm³/mol. The van der Waals surface area contributed by atoms with E-state index in [1.54, 1.807) is 4.90 Å². The van der Waals surface area contributed by atoms with Crippen LogP contribution in [0.4, 0.5) is 9.59 Å². The van der Waals surface area contributed by atoms with Crippen LogP contribution in [-0.4, -0.2) is 62.3 Å². The van der Waals surface area contributed by atoms with Crippen molar-refractivity contribution in [3.63, 3.8) is 0 Å². The molecule has 9 heteroatoms. The van der Waals surface area contributed by atoms with E-state index in [1.807, 2.05) is 56.0 Å². The highest BCUT2D eigenvalue weighted by Gasteiger charge is 2.49. The zero-order valence-corrected chi connectivity index (χ0v) is 27.7. The van der Waals surface area contributed by atoms with Gasteiger partial charge in [-0.1, -0.05) is 36.4 Å². The smallest absolute Gasteiger partial charge is 0.410 e. The predicted octanol–water partition coefficient (Wildman–Crippen LogP) is 7.31. The summed E-state index contributed by atoms with van der Waals surface area (Å²) in [5, 5.41) is 0. The van der Waals surface area contributed by atoms with E-state index < -0.39 is 16.7 Å². The van der Waals surface area contributed by atoms with Crippen molar-refractivity contribution < 1.29 is 23.8 Å². The van der Waals surface area contributed by atoms with Crippen LogP contribution in [0.25, 0.3) is 11.3 Å². The van der Waals surface area contributed by atoms with Gasteiger partial charge < -0.3 is 28.6 Å². The second kappa shape index (κ2) is 11.4. The SMILES string of the molecule is Cc1ccc2c(c1)OC1(CCN(C(=O)OCc3ccccc3)CC1)c1c-2nc(C2CCN(C(=O)OC(C)(C)C)C(C)(C)C2)n1C. The average Bonchev–Trinajstić information content (AvgIpc) is 3.33. The Labute approximate surface area is 266 Å². The number of likely N-dealkylation sites (tertiary alicyclic amines) is 2. The number of nitrogens with zero attached hydrogens (tertiary/aromatic N) is 4. The van der Waals surface area contributed by atoms with Crippen LogP contribution < -0.4 is 4.74 Å². The fourth-order valence-corrected chi connectivity index (χ4v) is 7.24. The minimum Gasteiger partial charge on any atom is -0.480 e. The molecule has 4 heterocycles. The van der Waals surface area contributed by atoms with Gasteiger partial charge in [0, 0.05) is 56.5 Å². The van der Waals surface area contributed by atoms with Gasteiger partial charge in [0.25, 0.3) is 0 Å². The highest BCUT2D eigenvalue weighted by molar-refractivity contribution is 5.74. The van der Waals surface area contributed by atoms with Crippen LogP contribution in [-0.2, 0) is 28.7 Å². The molecule has 0 N–H and O–H groups in total. The lowest BCUT2D eigenvalue weighted by molar-refractivity contribution is -0.0123. The largest absolute Gasteiger partial charge is 0.480 e.